The molecule has 2 aliphatic heterocycles. The van der Waals surface area contributed by atoms with Gasteiger partial charge in [0.1, 0.15) is 0 Å². The van der Waals surface area contributed by atoms with E-state index >= 15 is 0 Å². The molecule has 2 aliphatic rings. The lowest BCUT2D eigenvalue weighted by Gasteiger charge is -2.32. The Kier molecular flexibility index (Phi) is 7.14. The molecule has 0 saturated carbocycles. The van der Waals surface area contributed by atoms with Gasteiger partial charge in [-0.05, 0) is 43.6 Å². The standard InChI is InChI=1S/C20H33N3O3/c1-21-6-8-22(9-7-21)5-3-4-18-14-17(15-19(25-2)20(18)24)16-23-10-12-26-13-11-23/h14-15,24H,3-13,16H2,1-2H3. The first-order chi connectivity index (χ1) is 12.7. The Morgan fingerprint density at radius 2 is 1.77 bits per heavy atom. The number of ether oxygens (including phenoxy) is 2. The average molecular weight is 364 g/mol. The van der Waals surface area contributed by atoms with Gasteiger partial charge in [-0.1, -0.05) is 6.07 Å². The first-order valence-corrected chi connectivity index (χ1v) is 9.75. The van der Waals surface area contributed by atoms with Crippen molar-refractivity contribution in [3.8, 4) is 11.5 Å². The van der Waals surface area contributed by atoms with Crippen molar-refractivity contribution in [1.29, 1.82) is 0 Å². The molecule has 1 aromatic rings. The second-order valence-corrected chi connectivity index (χ2v) is 7.44. The molecular formula is C20H33N3O3. The fraction of sp³-hybridized carbons (Fsp3) is 0.700. The number of morpholine rings is 1. The van der Waals surface area contributed by atoms with Crippen LogP contribution in [0.2, 0.25) is 0 Å². The molecule has 2 saturated heterocycles. The maximum atomic E-state index is 10.5. The fourth-order valence-electron chi connectivity index (χ4n) is 3.75. The summed E-state index contributed by atoms with van der Waals surface area (Å²) in [4.78, 5) is 7.29. The van der Waals surface area contributed by atoms with Crippen LogP contribution in [-0.2, 0) is 17.7 Å². The summed E-state index contributed by atoms with van der Waals surface area (Å²) in [5.74, 6) is 0.891. The van der Waals surface area contributed by atoms with Crippen molar-refractivity contribution in [2.24, 2.45) is 0 Å². The van der Waals surface area contributed by atoms with E-state index in [1.165, 1.54) is 5.56 Å². The maximum absolute atomic E-state index is 10.5. The smallest absolute Gasteiger partial charge is 0.161 e. The van der Waals surface area contributed by atoms with Gasteiger partial charge in [-0.2, -0.15) is 0 Å². The van der Waals surface area contributed by atoms with Crippen LogP contribution in [0.1, 0.15) is 17.5 Å². The minimum Gasteiger partial charge on any atom is -0.504 e. The third-order valence-corrected chi connectivity index (χ3v) is 5.46. The number of piperazine rings is 1. The highest BCUT2D eigenvalue weighted by Gasteiger charge is 2.16. The molecule has 0 spiro atoms. The van der Waals surface area contributed by atoms with E-state index in [-0.39, 0.29) is 0 Å². The molecule has 0 radical (unpaired) electrons. The minimum atomic E-state index is 0.302. The molecular weight excluding hydrogens is 330 g/mol. The van der Waals surface area contributed by atoms with Crippen LogP contribution in [0.15, 0.2) is 12.1 Å². The molecule has 3 rings (SSSR count). The normalized spacial score (nSPS) is 20.4. The molecule has 0 amide bonds. The van der Waals surface area contributed by atoms with Gasteiger partial charge in [0, 0.05) is 45.8 Å². The lowest BCUT2D eigenvalue weighted by Crippen LogP contribution is -2.44. The number of nitrogens with zero attached hydrogens (tertiary/aromatic N) is 3. The van der Waals surface area contributed by atoms with Crippen LogP contribution >= 0.6 is 0 Å². The summed E-state index contributed by atoms with van der Waals surface area (Å²) < 4.78 is 10.8. The Labute approximate surface area is 157 Å². The maximum Gasteiger partial charge on any atom is 0.161 e. The van der Waals surface area contributed by atoms with Crippen LogP contribution in [0.5, 0.6) is 11.5 Å². The highest BCUT2D eigenvalue weighted by Crippen LogP contribution is 2.33. The summed E-state index contributed by atoms with van der Waals surface area (Å²) in [5.41, 5.74) is 2.21. The predicted molar refractivity (Wildman–Crippen MR) is 103 cm³/mol. The van der Waals surface area contributed by atoms with Crippen LogP contribution in [-0.4, -0.2) is 93.0 Å². The van der Waals surface area contributed by atoms with Crippen molar-refractivity contribution in [1.82, 2.24) is 14.7 Å². The number of rotatable bonds is 7. The molecule has 2 heterocycles. The molecule has 0 bridgehead atoms. The monoisotopic (exact) mass is 363 g/mol. The summed E-state index contributed by atoms with van der Waals surface area (Å²) in [6.07, 6.45) is 1.94. The number of likely N-dealkylation sites (N-methyl/N-ethyl adjacent to an activating group) is 1. The van der Waals surface area contributed by atoms with Crippen molar-refractivity contribution >= 4 is 0 Å². The molecule has 0 aliphatic carbocycles. The van der Waals surface area contributed by atoms with E-state index in [0.29, 0.717) is 11.5 Å². The largest absolute Gasteiger partial charge is 0.504 e. The molecule has 146 valence electrons. The number of hydrogen-bond donors (Lipinski definition) is 1. The van der Waals surface area contributed by atoms with Crippen molar-refractivity contribution < 1.29 is 14.6 Å². The average Bonchev–Trinajstić information content (AvgIpc) is 2.66. The van der Waals surface area contributed by atoms with E-state index < -0.39 is 0 Å². The Morgan fingerprint density at radius 3 is 2.46 bits per heavy atom. The van der Waals surface area contributed by atoms with E-state index in [1.54, 1.807) is 7.11 Å². The highest BCUT2D eigenvalue weighted by atomic mass is 16.5. The first-order valence-electron chi connectivity index (χ1n) is 9.75. The van der Waals surface area contributed by atoms with Crippen molar-refractivity contribution in [2.45, 2.75) is 19.4 Å². The number of methoxy groups -OCH3 is 1. The van der Waals surface area contributed by atoms with E-state index in [1.807, 2.05) is 6.07 Å². The quantitative estimate of drug-likeness (QED) is 0.791. The first kappa shape index (κ1) is 19.4. The second kappa shape index (κ2) is 9.55. The predicted octanol–water partition coefficient (Wildman–Crippen LogP) is 1.41. The number of benzene rings is 1. The van der Waals surface area contributed by atoms with Gasteiger partial charge in [0.05, 0.1) is 20.3 Å². The number of aromatic hydroxyl groups is 1. The Hall–Kier alpha value is -1.34. The Bertz CT molecular complexity index is 568. The third kappa shape index (κ3) is 5.33. The Morgan fingerprint density at radius 1 is 1.04 bits per heavy atom. The summed E-state index contributed by atoms with van der Waals surface area (Å²) in [7, 11) is 3.81. The van der Waals surface area contributed by atoms with Crippen molar-refractivity contribution in [3.63, 3.8) is 0 Å². The summed E-state index contributed by atoms with van der Waals surface area (Å²) in [6.45, 7) is 10.1. The van der Waals surface area contributed by atoms with Gasteiger partial charge in [0.25, 0.3) is 0 Å². The van der Waals surface area contributed by atoms with E-state index in [4.69, 9.17) is 9.47 Å². The molecule has 0 atom stereocenters. The van der Waals surface area contributed by atoms with Gasteiger partial charge in [-0.25, -0.2) is 0 Å². The van der Waals surface area contributed by atoms with Crippen LogP contribution in [0.3, 0.4) is 0 Å². The molecule has 1 aromatic carbocycles. The zero-order valence-electron chi connectivity index (χ0n) is 16.2. The van der Waals surface area contributed by atoms with Crippen LogP contribution in [0.25, 0.3) is 0 Å². The van der Waals surface area contributed by atoms with Gasteiger partial charge in [0.2, 0.25) is 0 Å². The molecule has 0 unspecified atom stereocenters. The molecule has 6 heteroatoms. The molecule has 0 aromatic heterocycles. The SMILES string of the molecule is COc1cc(CN2CCOCC2)cc(CCCN2CCN(C)CC2)c1O. The minimum absolute atomic E-state index is 0.302. The van der Waals surface area contributed by atoms with Gasteiger partial charge >= 0.3 is 0 Å². The molecule has 26 heavy (non-hydrogen) atoms. The Balaban J connectivity index is 1.58. The topological polar surface area (TPSA) is 48.4 Å². The zero-order chi connectivity index (χ0) is 18.4. The molecule has 1 N–H and O–H groups in total. The molecule has 2 fully saturated rings. The lowest BCUT2D eigenvalue weighted by atomic mass is 10.0. The summed E-state index contributed by atoms with van der Waals surface area (Å²) in [5, 5.41) is 10.5. The van der Waals surface area contributed by atoms with Gasteiger partial charge in [-0.15, -0.1) is 0 Å². The highest BCUT2D eigenvalue weighted by molar-refractivity contribution is 5.48. The van der Waals surface area contributed by atoms with Gasteiger partial charge in [0.15, 0.2) is 11.5 Å². The lowest BCUT2D eigenvalue weighted by molar-refractivity contribution is 0.0341. The third-order valence-electron chi connectivity index (χ3n) is 5.46. The van der Waals surface area contributed by atoms with E-state index in [0.717, 1.165) is 84.0 Å². The van der Waals surface area contributed by atoms with E-state index in [2.05, 4.69) is 27.8 Å². The second-order valence-electron chi connectivity index (χ2n) is 7.44. The fourth-order valence-corrected chi connectivity index (χ4v) is 3.75. The van der Waals surface area contributed by atoms with Gasteiger partial charge < -0.3 is 24.4 Å². The molecule has 6 nitrogen and oxygen atoms in total. The number of phenolic OH excluding ortho intramolecular Hbond substituents is 1. The number of hydrogen-bond acceptors (Lipinski definition) is 6. The van der Waals surface area contributed by atoms with E-state index in [9.17, 15) is 5.11 Å². The summed E-state index contributed by atoms with van der Waals surface area (Å²) >= 11 is 0. The van der Waals surface area contributed by atoms with Crippen molar-refractivity contribution in [2.75, 3.05) is 73.2 Å². The number of phenols is 1. The zero-order valence-corrected chi connectivity index (χ0v) is 16.2. The number of aryl methyl sites for hydroxylation is 1. The van der Waals surface area contributed by atoms with Crippen LogP contribution in [0.4, 0.5) is 0 Å². The van der Waals surface area contributed by atoms with Crippen LogP contribution < -0.4 is 4.74 Å². The summed E-state index contributed by atoms with van der Waals surface area (Å²) in [6, 6.07) is 4.12. The van der Waals surface area contributed by atoms with Gasteiger partial charge in [-0.3, -0.25) is 4.90 Å². The van der Waals surface area contributed by atoms with Crippen molar-refractivity contribution in [3.05, 3.63) is 23.3 Å². The van der Waals surface area contributed by atoms with Crippen LogP contribution in [0, 0.1) is 0 Å².